The summed E-state index contributed by atoms with van der Waals surface area (Å²) in [5.41, 5.74) is 0.853. The predicted molar refractivity (Wildman–Crippen MR) is 64.0 cm³/mol. The lowest BCUT2D eigenvalue weighted by molar-refractivity contribution is 0.327. The van der Waals surface area contributed by atoms with E-state index < -0.39 is 0 Å². The molecule has 0 saturated heterocycles. The molecule has 17 heavy (non-hydrogen) atoms. The molecule has 5 nitrogen and oxygen atoms in total. The van der Waals surface area contributed by atoms with Crippen LogP contribution in [0, 0.1) is 6.92 Å². The molecule has 90 valence electrons. The molecule has 0 aliphatic carbocycles. The molecule has 0 spiro atoms. The fraction of sp³-hybridized carbons (Fsp3) is 0.333. The highest BCUT2D eigenvalue weighted by molar-refractivity contribution is 5.37. The van der Waals surface area contributed by atoms with E-state index in [2.05, 4.69) is 15.5 Å². The second-order valence-corrected chi connectivity index (χ2v) is 3.58. The van der Waals surface area contributed by atoms with Crippen LogP contribution in [-0.4, -0.2) is 16.7 Å². The zero-order valence-corrected chi connectivity index (χ0v) is 9.93. The highest BCUT2D eigenvalue weighted by atomic mass is 16.5. The molecule has 0 unspecified atom stereocenters. The number of pyridine rings is 1. The molecule has 0 aliphatic rings. The molecule has 0 saturated carbocycles. The van der Waals surface area contributed by atoms with Gasteiger partial charge in [0.15, 0.2) is 0 Å². The first-order valence-electron chi connectivity index (χ1n) is 5.54. The van der Waals surface area contributed by atoms with Gasteiger partial charge < -0.3 is 14.6 Å². The molecular weight excluding hydrogens is 218 g/mol. The van der Waals surface area contributed by atoms with Crippen LogP contribution in [0.1, 0.15) is 18.4 Å². The largest absolute Gasteiger partial charge is 0.478 e. The topological polar surface area (TPSA) is 60.2 Å². The van der Waals surface area contributed by atoms with Crippen molar-refractivity contribution in [2.45, 2.75) is 20.4 Å². The summed E-state index contributed by atoms with van der Waals surface area (Å²) in [5, 5.41) is 7.05. The lowest BCUT2D eigenvalue weighted by Crippen LogP contribution is -2.02. The van der Waals surface area contributed by atoms with E-state index in [1.165, 1.54) is 0 Å². The van der Waals surface area contributed by atoms with Crippen molar-refractivity contribution in [3.05, 3.63) is 35.7 Å². The van der Waals surface area contributed by atoms with Crippen molar-refractivity contribution in [1.29, 1.82) is 0 Å². The van der Waals surface area contributed by atoms with Gasteiger partial charge in [-0.1, -0.05) is 11.2 Å². The maximum atomic E-state index is 5.32. The Morgan fingerprint density at radius 3 is 3.00 bits per heavy atom. The average molecular weight is 233 g/mol. The van der Waals surface area contributed by atoms with E-state index in [0.717, 1.165) is 17.3 Å². The third-order valence-electron chi connectivity index (χ3n) is 2.14. The van der Waals surface area contributed by atoms with Crippen LogP contribution < -0.4 is 10.1 Å². The van der Waals surface area contributed by atoms with Crippen molar-refractivity contribution in [2.24, 2.45) is 0 Å². The lowest BCUT2D eigenvalue weighted by Gasteiger charge is -2.05. The fourth-order valence-electron chi connectivity index (χ4n) is 1.42. The lowest BCUT2D eigenvalue weighted by atomic mass is 10.3. The minimum atomic E-state index is 0.583. The van der Waals surface area contributed by atoms with Crippen LogP contribution in [0.15, 0.2) is 28.8 Å². The van der Waals surface area contributed by atoms with Gasteiger partial charge in [-0.05, 0) is 19.9 Å². The fourth-order valence-corrected chi connectivity index (χ4v) is 1.42. The number of aryl methyl sites for hydroxylation is 1. The number of hydrogen-bond donors (Lipinski definition) is 1. The number of nitrogens with zero attached hydrogens (tertiary/aromatic N) is 2. The first-order chi connectivity index (χ1) is 8.28. The Bertz CT molecular complexity index is 482. The van der Waals surface area contributed by atoms with E-state index in [1.54, 1.807) is 0 Å². The van der Waals surface area contributed by atoms with Crippen molar-refractivity contribution in [1.82, 2.24) is 10.1 Å². The first kappa shape index (κ1) is 11.4. The zero-order valence-electron chi connectivity index (χ0n) is 9.93. The van der Waals surface area contributed by atoms with Gasteiger partial charge in [-0.2, -0.15) is 4.98 Å². The van der Waals surface area contributed by atoms with Gasteiger partial charge in [-0.3, -0.25) is 0 Å². The van der Waals surface area contributed by atoms with Crippen molar-refractivity contribution < 1.29 is 9.26 Å². The summed E-state index contributed by atoms with van der Waals surface area (Å²) in [4.78, 5) is 4.29. The molecule has 0 radical (unpaired) electrons. The summed E-state index contributed by atoms with van der Waals surface area (Å²) >= 11 is 0. The van der Waals surface area contributed by atoms with Gasteiger partial charge in [0.2, 0.25) is 5.88 Å². The highest BCUT2D eigenvalue weighted by Gasteiger charge is 2.01. The van der Waals surface area contributed by atoms with Gasteiger partial charge in [0, 0.05) is 12.1 Å². The molecule has 2 aromatic rings. The van der Waals surface area contributed by atoms with Gasteiger partial charge in [0.25, 0.3) is 0 Å². The minimum absolute atomic E-state index is 0.583. The van der Waals surface area contributed by atoms with E-state index in [0.29, 0.717) is 19.0 Å². The van der Waals surface area contributed by atoms with Crippen molar-refractivity contribution in [2.75, 3.05) is 11.9 Å². The van der Waals surface area contributed by atoms with Crippen LogP contribution in [0.4, 0.5) is 5.82 Å². The van der Waals surface area contributed by atoms with E-state index in [9.17, 15) is 0 Å². The van der Waals surface area contributed by atoms with E-state index >= 15 is 0 Å². The molecule has 2 rings (SSSR count). The monoisotopic (exact) mass is 233 g/mol. The summed E-state index contributed by atoms with van der Waals surface area (Å²) in [6, 6.07) is 7.50. The van der Waals surface area contributed by atoms with Crippen molar-refractivity contribution >= 4 is 5.82 Å². The van der Waals surface area contributed by atoms with Gasteiger partial charge in [-0.15, -0.1) is 0 Å². The Morgan fingerprint density at radius 2 is 2.29 bits per heavy atom. The molecule has 2 heterocycles. The van der Waals surface area contributed by atoms with E-state index in [1.807, 2.05) is 38.1 Å². The summed E-state index contributed by atoms with van der Waals surface area (Å²) in [7, 11) is 0. The normalized spacial score (nSPS) is 10.2. The summed E-state index contributed by atoms with van der Waals surface area (Å²) < 4.78 is 10.3. The Kier molecular flexibility index (Phi) is 3.59. The second-order valence-electron chi connectivity index (χ2n) is 3.58. The Morgan fingerprint density at radius 1 is 1.41 bits per heavy atom. The summed E-state index contributed by atoms with van der Waals surface area (Å²) in [5.74, 6) is 2.18. The highest BCUT2D eigenvalue weighted by Crippen LogP contribution is 2.12. The molecule has 0 fully saturated rings. The first-order valence-corrected chi connectivity index (χ1v) is 5.54. The van der Waals surface area contributed by atoms with Gasteiger partial charge in [0.05, 0.1) is 13.2 Å². The Hall–Kier alpha value is -2.04. The number of nitrogens with one attached hydrogen (secondary N) is 1. The third kappa shape index (κ3) is 3.21. The van der Waals surface area contributed by atoms with E-state index in [-0.39, 0.29) is 0 Å². The summed E-state index contributed by atoms with van der Waals surface area (Å²) in [6.07, 6.45) is 0. The number of ether oxygens (including phenoxy) is 1. The van der Waals surface area contributed by atoms with Crippen LogP contribution in [0.3, 0.4) is 0 Å². The SMILES string of the molecule is CCOc1cccc(NCc2cc(C)on2)n1. The van der Waals surface area contributed by atoms with Gasteiger partial charge in [0.1, 0.15) is 17.3 Å². The molecular formula is C12H15N3O2. The quantitative estimate of drug-likeness (QED) is 0.859. The maximum absolute atomic E-state index is 5.32. The molecule has 0 amide bonds. The molecule has 5 heteroatoms. The molecule has 0 aliphatic heterocycles. The number of anilines is 1. The van der Waals surface area contributed by atoms with Crippen LogP contribution in [-0.2, 0) is 6.54 Å². The Balaban J connectivity index is 1.96. The third-order valence-corrected chi connectivity index (χ3v) is 2.14. The molecule has 2 aromatic heterocycles. The van der Waals surface area contributed by atoms with Gasteiger partial charge in [-0.25, -0.2) is 0 Å². The molecule has 0 bridgehead atoms. The van der Waals surface area contributed by atoms with Gasteiger partial charge >= 0.3 is 0 Å². The number of rotatable bonds is 5. The van der Waals surface area contributed by atoms with Crippen LogP contribution >= 0.6 is 0 Å². The maximum Gasteiger partial charge on any atom is 0.215 e. The number of aromatic nitrogens is 2. The second kappa shape index (κ2) is 5.34. The molecule has 0 aromatic carbocycles. The minimum Gasteiger partial charge on any atom is -0.478 e. The van der Waals surface area contributed by atoms with Crippen LogP contribution in [0.5, 0.6) is 5.88 Å². The van der Waals surface area contributed by atoms with Crippen LogP contribution in [0.2, 0.25) is 0 Å². The summed E-state index contributed by atoms with van der Waals surface area (Å²) in [6.45, 7) is 4.99. The van der Waals surface area contributed by atoms with E-state index in [4.69, 9.17) is 9.26 Å². The predicted octanol–water partition coefficient (Wildman–Crippen LogP) is 2.39. The Labute approximate surface area is 99.8 Å². The zero-order chi connectivity index (χ0) is 12.1. The van der Waals surface area contributed by atoms with Crippen molar-refractivity contribution in [3.8, 4) is 5.88 Å². The van der Waals surface area contributed by atoms with Crippen molar-refractivity contribution in [3.63, 3.8) is 0 Å². The smallest absolute Gasteiger partial charge is 0.215 e. The molecule has 0 atom stereocenters. The standard InChI is InChI=1S/C12H15N3O2/c1-3-16-12-6-4-5-11(14-12)13-8-10-7-9(2)17-15-10/h4-7H,3,8H2,1-2H3,(H,13,14). The van der Waals surface area contributed by atoms with Crippen LogP contribution in [0.25, 0.3) is 0 Å². The molecule has 1 N–H and O–H groups in total. The number of hydrogen-bond acceptors (Lipinski definition) is 5. The average Bonchev–Trinajstić information content (AvgIpc) is 2.74.